The van der Waals surface area contributed by atoms with Gasteiger partial charge in [0.25, 0.3) is 0 Å². The molecule has 0 N–H and O–H groups in total. The third-order valence-corrected chi connectivity index (χ3v) is 4.97. The maximum absolute atomic E-state index is 5.86. The van der Waals surface area contributed by atoms with Crippen molar-refractivity contribution in [1.29, 1.82) is 0 Å². The summed E-state index contributed by atoms with van der Waals surface area (Å²) >= 11 is 0. The van der Waals surface area contributed by atoms with Gasteiger partial charge in [-0.25, -0.2) is 4.98 Å². The number of hydrogen-bond donors (Lipinski definition) is 0. The van der Waals surface area contributed by atoms with E-state index < -0.39 is 0 Å². The molecule has 5 nitrogen and oxygen atoms in total. The van der Waals surface area contributed by atoms with Crippen molar-refractivity contribution in [3.05, 3.63) is 90.3 Å². The highest BCUT2D eigenvalue weighted by Crippen LogP contribution is 2.29. The first kappa shape index (κ1) is 18.2. The summed E-state index contributed by atoms with van der Waals surface area (Å²) in [6.07, 6.45) is 8.88. The van der Waals surface area contributed by atoms with E-state index in [9.17, 15) is 0 Å². The van der Waals surface area contributed by atoms with Gasteiger partial charge in [-0.1, -0.05) is 37.3 Å². The summed E-state index contributed by atoms with van der Waals surface area (Å²) in [7, 11) is 0. The van der Waals surface area contributed by atoms with Gasteiger partial charge in [0.2, 0.25) is 0 Å². The molecule has 3 aromatic heterocycles. The Labute approximate surface area is 165 Å². The van der Waals surface area contributed by atoms with E-state index in [1.807, 2.05) is 31.6 Å². The Kier molecular flexibility index (Phi) is 5.33. The molecule has 0 fully saturated rings. The lowest BCUT2D eigenvalue weighted by molar-refractivity contribution is 0.448. The SMILES string of the molecule is Cc1ccc([C@@H](C)Cc2c(-c3ccccc3)ncn2CCc2cnccn2)o1. The Bertz CT molecular complexity index is 1020. The lowest BCUT2D eigenvalue weighted by Gasteiger charge is -2.14. The quantitative estimate of drug-likeness (QED) is 0.466. The average molecular weight is 372 g/mol. The van der Waals surface area contributed by atoms with Gasteiger partial charge in [0, 0.05) is 48.7 Å². The van der Waals surface area contributed by atoms with Crippen molar-refractivity contribution in [3.63, 3.8) is 0 Å². The van der Waals surface area contributed by atoms with Gasteiger partial charge in [0.05, 0.1) is 17.7 Å². The summed E-state index contributed by atoms with van der Waals surface area (Å²) in [5.74, 6) is 2.22. The molecular weight excluding hydrogens is 348 g/mol. The first-order chi connectivity index (χ1) is 13.7. The summed E-state index contributed by atoms with van der Waals surface area (Å²) in [4.78, 5) is 13.3. The average Bonchev–Trinajstić information content (AvgIpc) is 3.34. The summed E-state index contributed by atoms with van der Waals surface area (Å²) in [6.45, 7) is 5.00. The zero-order chi connectivity index (χ0) is 19.3. The zero-order valence-electron chi connectivity index (χ0n) is 16.2. The summed E-state index contributed by atoms with van der Waals surface area (Å²) in [5.41, 5.74) is 4.38. The number of benzene rings is 1. The maximum Gasteiger partial charge on any atom is 0.107 e. The van der Waals surface area contributed by atoms with Crippen molar-refractivity contribution in [3.8, 4) is 11.3 Å². The molecule has 0 saturated heterocycles. The number of nitrogens with zero attached hydrogens (tertiary/aromatic N) is 4. The standard InChI is InChI=1S/C23H24N4O/c1-17(22-9-8-18(2)28-22)14-21-23(19-6-4-3-5-7-19)26-16-27(21)13-10-20-15-24-11-12-25-20/h3-9,11-12,15-17H,10,13-14H2,1-2H3/t17-/m0/s1. The van der Waals surface area contributed by atoms with E-state index in [4.69, 9.17) is 9.40 Å². The minimum atomic E-state index is 0.267. The predicted octanol–water partition coefficient (Wildman–Crippen LogP) is 4.83. The fourth-order valence-electron chi connectivity index (χ4n) is 3.45. The molecule has 142 valence electrons. The molecule has 0 aliphatic rings. The molecule has 4 aromatic rings. The van der Waals surface area contributed by atoms with E-state index in [2.05, 4.69) is 51.8 Å². The molecule has 1 aromatic carbocycles. The van der Waals surface area contributed by atoms with Gasteiger partial charge < -0.3 is 8.98 Å². The summed E-state index contributed by atoms with van der Waals surface area (Å²) in [5, 5.41) is 0. The molecule has 0 saturated carbocycles. The van der Waals surface area contributed by atoms with Crippen LogP contribution in [0.3, 0.4) is 0 Å². The Morgan fingerprint density at radius 2 is 1.89 bits per heavy atom. The lowest BCUT2D eigenvalue weighted by atomic mass is 9.99. The highest BCUT2D eigenvalue weighted by Gasteiger charge is 2.18. The van der Waals surface area contributed by atoms with Crippen molar-refractivity contribution < 1.29 is 4.42 Å². The molecular formula is C23H24N4O. The van der Waals surface area contributed by atoms with E-state index in [0.29, 0.717) is 0 Å². The molecule has 4 rings (SSSR count). The van der Waals surface area contributed by atoms with Crippen LogP contribution in [0.2, 0.25) is 0 Å². The van der Waals surface area contributed by atoms with Crippen LogP contribution in [0.1, 0.15) is 35.7 Å². The van der Waals surface area contributed by atoms with Crippen LogP contribution in [-0.4, -0.2) is 19.5 Å². The van der Waals surface area contributed by atoms with Crippen molar-refractivity contribution in [2.75, 3.05) is 0 Å². The van der Waals surface area contributed by atoms with Crippen LogP contribution >= 0.6 is 0 Å². The van der Waals surface area contributed by atoms with E-state index in [0.717, 1.165) is 47.9 Å². The monoisotopic (exact) mass is 372 g/mol. The van der Waals surface area contributed by atoms with Crippen LogP contribution in [0.5, 0.6) is 0 Å². The fourth-order valence-corrected chi connectivity index (χ4v) is 3.45. The predicted molar refractivity (Wildman–Crippen MR) is 109 cm³/mol. The number of furan rings is 1. The normalized spacial score (nSPS) is 12.2. The zero-order valence-corrected chi connectivity index (χ0v) is 16.2. The van der Waals surface area contributed by atoms with Crippen LogP contribution in [0.25, 0.3) is 11.3 Å². The summed E-state index contributed by atoms with van der Waals surface area (Å²) < 4.78 is 8.10. The molecule has 0 amide bonds. The number of aryl methyl sites for hydroxylation is 3. The van der Waals surface area contributed by atoms with E-state index in [1.54, 1.807) is 12.4 Å². The smallest absolute Gasteiger partial charge is 0.107 e. The topological polar surface area (TPSA) is 56.7 Å². The Morgan fingerprint density at radius 1 is 1.04 bits per heavy atom. The van der Waals surface area contributed by atoms with Crippen molar-refractivity contribution >= 4 is 0 Å². The molecule has 0 bridgehead atoms. The van der Waals surface area contributed by atoms with Crippen molar-refractivity contribution in [2.45, 2.75) is 39.2 Å². The van der Waals surface area contributed by atoms with E-state index in [-0.39, 0.29) is 5.92 Å². The van der Waals surface area contributed by atoms with E-state index >= 15 is 0 Å². The molecule has 0 aliphatic carbocycles. The lowest BCUT2D eigenvalue weighted by Crippen LogP contribution is -2.09. The minimum absolute atomic E-state index is 0.267. The van der Waals surface area contributed by atoms with Crippen molar-refractivity contribution in [1.82, 2.24) is 19.5 Å². The molecule has 0 radical (unpaired) electrons. The molecule has 0 unspecified atom stereocenters. The molecule has 28 heavy (non-hydrogen) atoms. The van der Waals surface area contributed by atoms with Gasteiger partial charge in [0.15, 0.2) is 0 Å². The molecule has 5 heteroatoms. The second kappa shape index (κ2) is 8.21. The number of aromatic nitrogens is 4. The van der Waals surface area contributed by atoms with Gasteiger partial charge >= 0.3 is 0 Å². The Balaban J connectivity index is 1.63. The van der Waals surface area contributed by atoms with E-state index in [1.165, 1.54) is 5.69 Å². The third-order valence-electron chi connectivity index (χ3n) is 4.97. The molecule has 0 spiro atoms. The molecule has 0 aliphatic heterocycles. The van der Waals surface area contributed by atoms with Crippen LogP contribution in [-0.2, 0) is 19.4 Å². The van der Waals surface area contributed by atoms with Gasteiger partial charge in [0.1, 0.15) is 11.5 Å². The number of imidazole rings is 1. The van der Waals surface area contributed by atoms with Crippen molar-refractivity contribution in [2.24, 2.45) is 0 Å². The first-order valence-electron chi connectivity index (χ1n) is 9.61. The Morgan fingerprint density at radius 3 is 2.61 bits per heavy atom. The van der Waals surface area contributed by atoms with Gasteiger partial charge in [-0.15, -0.1) is 0 Å². The second-order valence-corrected chi connectivity index (χ2v) is 7.10. The van der Waals surface area contributed by atoms with Crippen LogP contribution in [0.15, 0.2) is 71.8 Å². The van der Waals surface area contributed by atoms with Crippen LogP contribution in [0, 0.1) is 6.92 Å². The number of hydrogen-bond acceptors (Lipinski definition) is 4. The minimum Gasteiger partial charge on any atom is -0.466 e. The molecule has 3 heterocycles. The largest absolute Gasteiger partial charge is 0.466 e. The summed E-state index contributed by atoms with van der Waals surface area (Å²) in [6, 6.07) is 14.5. The molecule has 1 atom stereocenters. The first-order valence-corrected chi connectivity index (χ1v) is 9.61. The maximum atomic E-state index is 5.86. The van der Waals surface area contributed by atoms with Gasteiger partial charge in [-0.3, -0.25) is 9.97 Å². The number of rotatable bonds is 7. The highest BCUT2D eigenvalue weighted by molar-refractivity contribution is 5.62. The Hall–Kier alpha value is -3.21. The van der Waals surface area contributed by atoms with Crippen LogP contribution < -0.4 is 0 Å². The highest BCUT2D eigenvalue weighted by atomic mass is 16.3. The van der Waals surface area contributed by atoms with Crippen LogP contribution in [0.4, 0.5) is 0 Å². The second-order valence-electron chi connectivity index (χ2n) is 7.10. The fraction of sp³-hybridized carbons (Fsp3) is 0.261. The van der Waals surface area contributed by atoms with Gasteiger partial charge in [-0.2, -0.15) is 0 Å². The van der Waals surface area contributed by atoms with Gasteiger partial charge in [-0.05, 0) is 25.5 Å². The third kappa shape index (κ3) is 4.03.